The molecule has 1 aliphatic rings. The van der Waals surface area contributed by atoms with Crippen molar-refractivity contribution in [3.05, 3.63) is 94.5 Å². The number of rotatable bonds is 6. The van der Waals surface area contributed by atoms with E-state index in [4.69, 9.17) is 0 Å². The van der Waals surface area contributed by atoms with Gasteiger partial charge in [0.25, 0.3) is 0 Å². The fourth-order valence-corrected chi connectivity index (χ4v) is 4.45. The maximum absolute atomic E-state index is 4.36. The Morgan fingerprint density at radius 1 is 0.750 bits per heavy atom. The van der Waals surface area contributed by atoms with Crippen LogP contribution in [0.25, 0.3) is 0 Å². The van der Waals surface area contributed by atoms with Crippen molar-refractivity contribution in [3.8, 4) is 11.8 Å². The first kappa shape index (κ1) is 22.0. The number of azo groups is 1. The highest BCUT2D eigenvalue weighted by atomic mass is 15.1. The SMILES string of the molecule is CCCc1ccc(N=Nc2ccc(C#Cc3ccc4c(c3)CCC(CCC)C4)cc2)cc1. The first-order valence-electron chi connectivity index (χ1n) is 12.0. The van der Waals surface area contributed by atoms with Crippen LogP contribution in [0.15, 0.2) is 77.0 Å². The summed E-state index contributed by atoms with van der Waals surface area (Å²) in [5, 5.41) is 8.70. The Labute approximate surface area is 192 Å². The van der Waals surface area contributed by atoms with Crippen LogP contribution in [0.1, 0.15) is 67.3 Å². The predicted molar refractivity (Wildman–Crippen MR) is 134 cm³/mol. The summed E-state index contributed by atoms with van der Waals surface area (Å²) < 4.78 is 0. The lowest BCUT2D eigenvalue weighted by molar-refractivity contribution is 0.423. The Morgan fingerprint density at radius 2 is 1.41 bits per heavy atom. The number of fused-ring (bicyclic) bond motifs is 1. The average molecular weight is 421 g/mol. The maximum Gasteiger partial charge on any atom is 0.0857 e. The summed E-state index contributed by atoms with van der Waals surface area (Å²) in [5.41, 5.74) is 8.17. The quantitative estimate of drug-likeness (QED) is 0.283. The third-order valence-corrected chi connectivity index (χ3v) is 6.21. The molecule has 32 heavy (non-hydrogen) atoms. The van der Waals surface area contributed by atoms with Crippen LogP contribution < -0.4 is 0 Å². The predicted octanol–water partition coefficient (Wildman–Crippen LogP) is 8.36. The lowest BCUT2D eigenvalue weighted by Crippen LogP contribution is -2.14. The van der Waals surface area contributed by atoms with Gasteiger partial charge in [0, 0.05) is 11.1 Å². The molecule has 1 aliphatic carbocycles. The first-order valence-corrected chi connectivity index (χ1v) is 12.0. The molecule has 0 saturated heterocycles. The lowest BCUT2D eigenvalue weighted by atomic mass is 9.81. The van der Waals surface area contributed by atoms with Gasteiger partial charge in [0.2, 0.25) is 0 Å². The normalized spacial score (nSPS) is 15.2. The highest BCUT2D eigenvalue weighted by molar-refractivity contribution is 5.49. The van der Waals surface area contributed by atoms with Gasteiger partial charge < -0.3 is 0 Å². The van der Waals surface area contributed by atoms with Gasteiger partial charge in [-0.25, -0.2) is 0 Å². The van der Waals surface area contributed by atoms with E-state index in [2.05, 4.69) is 66.2 Å². The van der Waals surface area contributed by atoms with Crippen molar-refractivity contribution in [2.24, 2.45) is 16.1 Å². The molecular weight excluding hydrogens is 388 g/mol. The summed E-state index contributed by atoms with van der Waals surface area (Å²) in [4.78, 5) is 0. The molecule has 0 aliphatic heterocycles. The van der Waals surface area contributed by atoms with Crippen molar-refractivity contribution < 1.29 is 0 Å². The van der Waals surface area contributed by atoms with Crippen molar-refractivity contribution in [2.45, 2.75) is 58.8 Å². The number of benzene rings is 3. The zero-order chi connectivity index (χ0) is 22.2. The third kappa shape index (κ3) is 5.95. The number of hydrogen-bond donors (Lipinski definition) is 0. The highest BCUT2D eigenvalue weighted by Gasteiger charge is 2.17. The molecule has 1 atom stereocenters. The molecule has 0 saturated carbocycles. The zero-order valence-corrected chi connectivity index (χ0v) is 19.3. The van der Waals surface area contributed by atoms with Crippen LogP contribution in [-0.2, 0) is 19.3 Å². The second-order valence-electron chi connectivity index (χ2n) is 8.79. The second-order valence-corrected chi connectivity index (χ2v) is 8.79. The fraction of sp³-hybridized carbons (Fsp3) is 0.333. The van der Waals surface area contributed by atoms with E-state index in [0.29, 0.717) is 0 Å². The van der Waals surface area contributed by atoms with Crippen LogP contribution in [0.5, 0.6) is 0 Å². The van der Waals surface area contributed by atoms with Gasteiger partial charge in [0.05, 0.1) is 11.4 Å². The molecule has 0 spiro atoms. The molecule has 1 unspecified atom stereocenters. The van der Waals surface area contributed by atoms with E-state index in [0.717, 1.165) is 41.3 Å². The molecule has 0 bridgehead atoms. The van der Waals surface area contributed by atoms with Crippen molar-refractivity contribution in [2.75, 3.05) is 0 Å². The van der Waals surface area contributed by atoms with Gasteiger partial charge in [-0.3, -0.25) is 0 Å². The molecule has 3 aromatic rings. The smallest absolute Gasteiger partial charge is 0.0857 e. The monoisotopic (exact) mass is 420 g/mol. The van der Waals surface area contributed by atoms with Crippen LogP contribution in [0.4, 0.5) is 11.4 Å². The lowest BCUT2D eigenvalue weighted by Gasteiger charge is -2.24. The summed E-state index contributed by atoms with van der Waals surface area (Å²) in [5.74, 6) is 7.49. The first-order chi connectivity index (χ1) is 15.7. The Bertz CT molecular complexity index is 1110. The largest absolute Gasteiger partial charge is 0.151 e. The van der Waals surface area contributed by atoms with Crippen LogP contribution in [-0.4, -0.2) is 0 Å². The summed E-state index contributed by atoms with van der Waals surface area (Å²) in [7, 11) is 0. The molecule has 3 aromatic carbocycles. The van der Waals surface area contributed by atoms with Gasteiger partial charge in [-0.15, -0.1) is 0 Å². The fourth-order valence-electron chi connectivity index (χ4n) is 4.45. The molecule has 162 valence electrons. The number of hydrogen-bond acceptors (Lipinski definition) is 2. The van der Waals surface area contributed by atoms with Crippen molar-refractivity contribution in [1.82, 2.24) is 0 Å². The van der Waals surface area contributed by atoms with Gasteiger partial charge >= 0.3 is 0 Å². The molecule has 0 aromatic heterocycles. The Balaban J connectivity index is 1.38. The highest BCUT2D eigenvalue weighted by Crippen LogP contribution is 2.29. The van der Waals surface area contributed by atoms with E-state index in [1.165, 1.54) is 48.8 Å². The Morgan fingerprint density at radius 3 is 2.09 bits per heavy atom. The van der Waals surface area contributed by atoms with Crippen LogP contribution in [0.2, 0.25) is 0 Å². The summed E-state index contributed by atoms with van der Waals surface area (Å²) in [6.45, 7) is 4.48. The van der Waals surface area contributed by atoms with E-state index < -0.39 is 0 Å². The maximum atomic E-state index is 4.36. The molecular formula is C30H32N2. The summed E-state index contributed by atoms with van der Waals surface area (Å²) >= 11 is 0. The molecule has 4 rings (SSSR count). The Hall–Kier alpha value is -3.18. The molecule has 0 amide bonds. The molecule has 0 N–H and O–H groups in total. The van der Waals surface area contributed by atoms with Crippen LogP contribution in [0, 0.1) is 17.8 Å². The minimum Gasteiger partial charge on any atom is -0.151 e. The third-order valence-electron chi connectivity index (χ3n) is 6.21. The second kappa shape index (κ2) is 10.9. The van der Waals surface area contributed by atoms with E-state index >= 15 is 0 Å². The molecule has 2 nitrogen and oxygen atoms in total. The van der Waals surface area contributed by atoms with Gasteiger partial charge in [-0.05, 0) is 96.8 Å². The van der Waals surface area contributed by atoms with Crippen LogP contribution in [0.3, 0.4) is 0 Å². The number of nitrogens with zero attached hydrogens (tertiary/aromatic N) is 2. The Kier molecular flexibility index (Phi) is 7.51. The van der Waals surface area contributed by atoms with Gasteiger partial charge in [-0.2, -0.15) is 10.2 Å². The van der Waals surface area contributed by atoms with Gasteiger partial charge in [-0.1, -0.05) is 63.1 Å². The van der Waals surface area contributed by atoms with E-state index in [9.17, 15) is 0 Å². The van der Waals surface area contributed by atoms with E-state index in [-0.39, 0.29) is 0 Å². The summed E-state index contributed by atoms with van der Waals surface area (Å²) in [6, 6.07) is 23.0. The van der Waals surface area contributed by atoms with Crippen molar-refractivity contribution in [1.29, 1.82) is 0 Å². The zero-order valence-electron chi connectivity index (χ0n) is 19.3. The topological polar surface area (TPSA) is 24.7 Å². The molecule has 2 heteroatoms. The molecule has 0 heterocycles. The average Bonchev–Trinajstić information content (AvgIpc) is 2.83. The molecule has 0 fully saturated rings. The van der Waals surface area contributed by atoms with E-state index in [1.807, 2.05) is 36.4 Å². The van der Waals surface area contributed by atoms with E-state index in [1.54, 1.807) is 0 Å². The van der Waals surface area contributed by atoms with Crippen molar-refractivity contribution >= 4 is 11.4 Å². The number of aryl methyl sites for hydroxylation is 2. The van der Waals surface area contributed by atoms with Gasteiger partial charge in [0.15, 0.2) is 0 Å². The standard InChI is InChI=1S/C30H32N2/c1-3-5-23-11-17-29(18-12-23)31-32-30-19-13-24(14-20-30)7-8-26-10-16-27-21-25(6-4-2)9-15-28(27)22-26/h10-14,16-20,22,25H,3-6,9,15,21H2,1-2H3. The molecule has 0 radical (unpaired) electrons. The minimum absolute atomic E-state index is 0.837. The minimum atomic E-state index is 0.837. The van der Waals surface area contributed by atoms with Crippen molar-refractivity contribution in [3.63, 3.8) is 0 Å². The van der Waals surface area contributed by atoms with Crippen LogP contribution >= 0.6 is 0 Å². The van der Waals surface area contributed by atoms with Gasteiger partial charge in [0.1, 0.15) is 0 Å². The summed E-state index contributed by atoms with van der Waals surface area (Å²) in [6.07, 6.45) is 8.63.